The van der Waals surface area contributed by atoms with Gasteiger partial charge in [-0.05, 0) is 44.1 Å². The number of carbonyl (C=O) groups excluding carboxylic acids is 2. The zero-order chi connectivity index (χ0) is 30.3. The Balaban J connectivity index is 1.27. The van der Waals surface area contributed by atoms with Crippen molar-refractivity contribution >= 4 is 40.0 Å². The van der Waals surface area contributed by atoms with E-state index in [2.05, 4.69) is 42.3 Å². The minimum absolute atomic E-state index is 0.0900. The summed E-state index contributed by atoms with van der Waals surface area (Å²) >= 11 is 0. The van der Waals surface area contributed by atoms with Crippen LogP contribution in [0.4, 0.5) is 17.3 Å². The van der Waals surface area contributed by atoms with Gasteiger partial charge < -0.3 is 29.8 Å². The minimum Gasteiger partial charge on any atom is -0.487 e. The molecule has 1 aromatic carbocycles. The molecule has 0 bridgehead atoms. The van der Waals surface area contributed by atoms with E-state index in [1.54, 1.807) is 12.1 Å². The van der Waals surface area contributed by atoms with E-state index in [9.17, 15) is 14.9 Å². The normalized spacial score (nSPS) is 16.2. The average molecular weight is 595 g/mol. The summed E-state index contributed by atoms with van der Waals surface area (Å²) in [5.74, 6) is 0.168. The lowest BCUT2D eigenvalue weighted by Crippen LogP contribution is -2.26. The summed E-state index contributed by atoms with van der Waals surface area (Å²) in [7, 11) is 0. The van der Waals surface area contributed by atoms with Crippen LogP contribution in [-0.4, -0.2) is 59.2 Å². The van der Waals surface area contributed by atoms with Crippen LogP contribution in [-0.2, 0) is 16.1 Å². The third-order valence-electron chi connectivity index (χ3n) is 7.28. The molecule has 6 rings (SSSR count). The van der Waals surface area contributed by atoms with Gasteiger partial charge in [0.2, 0.25) is 11.9 Å². The molecule has 4 aromatic rings. The number of nitrogens with zero attached hydrogens (tertiary/aromatic N) is 4. The number of carbonyl (C=O) groups is 2. The predicted molar refractivity (Wildman–Crippen MR) is 160 cm³/mol. The van der Waals surface area contributed by atoms with Crippen LogP contribution in [0.25, 0.3) is 10.9 Å². The number of hydrogen-bond acceptors (Lipinski definition) is 11. The van der Waals surface area contributed by atoms with Crippen LogP contribution in [0.15, 0.2) is 65.2 Å². The molecule has 0 spiro atoms. The number of nitrogens with one attached hydrogen (secondary N) is 4. The van der Waals surface area contributed by atoms with Gasteiger partial charge in [-0.15, -0.1) is 0 Å². The van der Waals surface area contributed by atoms with E-state index >= 15 is 0 Å². The maximum atomic E-state index is 12.8. The number of rotatable bonds is 9. The molecule has 0 radical (unpaired) electrons. The number of piperidine rings is 1. The highest BCUT2D eigenvalue weighted by molar-refractivity contribution is 6.01. The van der Waals surface area contributed by atoms with Crippen molar-refractivity contribution in [2.45, 2.75) is 31.9 Å². The Labute approximate surface area is 252 Å². The highest BCUT2D eigenvalue weighted by Crippen LogP contribution is 2.34. The van der Waals surface area contributed by atoms with E-state index < -0.39 is 5.91 Å². The highest BCUT2D eigenvalue weighted by Gasteiger charge is 2.21. The molecular formula is C31H30N8O5. The fraction of sp³-hybridized carbons (Fsp3) is 0.290. The van der Waals surface area contributed by atoms with Crippen molar-refractivity contribution in [3.05, 3.63) is 77.7 Å². The molecule has 13 heteroatoms. The number of benzene rings is 1. The monoisotopic (exact) mass is 594 g/mol. The SMILES string of the molecule is N#Cc1cnc2cc(OC3CCOC3)c(CNC(=O)C=C3CCNCC3)cc2c1Nc1cnc(NC(=O)c2ccco2)nc1. The Morgan fingerprint density at radius 2 is 2.00 bits per heavy atom. The van der Waals surface area contributed by atoms with Crippen molar-refractivity contribution < 1.29 is 23.5 Å². The number of hydrogen-bond donors (Lipinski definition) is 4. The summed E-state index contributed by atoms with van der Waals surface area (Å²) < 4.78 is 16.9. The van der Waals surface area contributed by atoms with Crippen LogP contribution in [0.2, 0.25) is 0 Å². The molecule has 1 unspecified atom stereocenters. The second kappa shape index (κ2) is 13.3. The van der Waals surface area contributed by atoms with E-state index in [0.717, 1.165) is 43.5 Å². The number of anilines is 3. The Hall–Kier alpha value is -5.32. The highest BCUT2D eigenvalue weighted by atomic mass is 16.5. The molecule has 224 valence electrons. The van der Waals surface area contributed by atoms with Crippen LogP contribution in [0, 0.1) is 11.3 Å². The van der Waals surface area contributed by atoms with Gasteiger partial charge in [-0.25, -0.2) is 9.97 Å². The van der Waals surface area contributed by atoms with Crippen LogP contribution in [0.5, 0.6) is 5.75 Å². The fourth-order valence-electron chi connectivity index (χ4n) is 5.00. The largest absolute Gasteiger partial charge is 0.487 e. The van der Waals surface area contributed by atoms with Gasteiger partial charge in [0.15, 0.2) is 5.76 Å². The van der Waals surface area contributed by atoms with Crippen LogP contribution >= 0.6 is 0 Å². The number of nitriles is 1. The summed E-state index contributed by atoms with van der Waals surface area (Å²) in [6, 6.07) is 9.02. The minimum atomic E-state index is -0.476. The van der Waals surface area contributed by atoms with E-state index in [-0.39, 0.29) is 30.3 Å². The van der Waals surface area contributed by atoms with E-state index in [1.165, 1.54) is 30.9 Å². The second-order valence-corrected chi connectivity index (χ2v) is 10.4. The quantitative estimate of drug-likeness (QED) is 0.208. The Kier molecular flexibility index (Phi) is 8.72. The summed E-state index contributed by atoms with van der Waals surface area (Å²) in [6.45, 7) is 3.04. The molecule has 2 fully saturated rings. The molecular weight excluding hydrogens is 564 g/mol. The van der Waals surface area contributed by atoms with Gasteiger partial charge in [-0.2, -0.15) is 5.26 Å². The van der Waals surface area contributed by atoms with Gasteiger partial charge >= 0.3 is 0 Å². The van der Waals surface area contributed by atoms with E-state index in [1.807, 2.05) is 12.1 Å². The van der Waals surface area contributed by atoms with Gasteiger partial charge in [-0.1, -0.05) is 5.57 Å². The number of ether oxygens (including phenoxy) is 2. The summed E-state index contributed by atoms with van der Waals surface area (Å²) in [4.78, 5) is 38.0. The smallest absolute Gasteiger partial charge is 0.293 e. The van der Waals surface area contributed by atoms with Gasteiger partial charge in [0, 0.05) is 42.3 Å². The topological polar surface area (TPSA) is 176 Å². The van der Waals surface area contributed by atoms with Crippen molar-refractivity contribution in [2.24, 2.45) is 0 Å². The second-order valence-electron chi connectivity index (χ2n) is 10.4. The van der Waals surface area contributed by atoms with Gasteiger partial charge in [-0.3, -0.25) is 19.9 Å². The summed E-state index contributed by atoms with van der Waals surface area (Å²) in [5.41, 5.74) is 3.72. The number of aromatic nitrogens is 3. The fourth-order valence-corrected chi connectivity index (χ4v) is 5.00. The molecule has 13 nitrogen and oxygen atoms in total. The lowest BCUT2D eigenvalue weighted by atomic mass is 10.0. The number of fused-ring (bicyclic) bond motifs is 1. The summed E-state index contributed by atoms with van der Waals surface area (Å²) in [6.07, 6.45) is 9.88. The average Bonchev–Trinajstić information content (AvgIpc) is 3.77. The van der Waals surface area contributed by atoms with Gasteiger partial charge in [0.25, 0.3) is 5.91 Å². The first kappa shape index (κ1) is 28.8. The van der Waals surface area contributed by atoms with Crippen molar-refractivity contribution in [1.29, 1.82) is 5.26 Å². The molecule has 3 aromatic heterocycles. The first-order chi connectivity index (χ1) is 21.6. The number of amides is 2. The van der Waals surface area contributed by atoms with Crippen molar-refractivity contribution in [3.63, 3.8) is 0 Å². The lowest BCUT2D eigenvalue weighted by Gasteiger charge is -2.19. The Morgan fingerprint density at radius 3 is 2.73 bits per heavy atom. The zero-order valence-electron chi connectivity index (χ0n) is 23.8. The third-order valence-corrected chi connectivity index (χ3v) is 7.28. The van der Waals surface area contributed by atoms with E-state index in [0.29, 0.717) is 46.8 Å². The van der Waals surface area contributed by atoms with Gasteiger partial charge in [0.1, 0.15) is 17.9 Å². The molecule has 4 N–H and O–H groups in total. The first-order valence-electron chi connectivity index (χ1n) is 14.3. The maximum absolute atomic E-state index is 12.8. The van der Waals surface area contributed by atoms with Crippen molar-refractivity contribution in [2.75, 3.05) is 36.9 Å². The number of furan rings is 1. The Morgan fingerprint density at radius 1 is 1.16 bits per heavy atom. The maximum Gasteiger partial charge on any atom is 0.293 e. The van der Waals surface area contributed by atoms with E-state index in [4.69, 9.17) is 13.9 Å². The van der Waals surface area contributed by atoms with Crippen molar-refractivity contribution in [3.8, 4) is 11.8 Å². The lowest BCUT2D eigenvalue weighted by molar-refractivity contribution is -0.116. The molecule has 5 heterocycles. The molecule has 0 aliphatic carbocycles. The van der Waals surface area contributed by atoms with Crippen LogP contribution < -0.4 is 26.0 Å². The molecule has 1 atom stereocenters. The predicted octanol–water partition coefficient (Wildman–Crippen LogP) is 3.58. The molecule has 2 saturated heterocycles. The molecule has 2 aliphatic rings. The standard InChI is InChI=1S/C31H30N8O5/c32-13-21-15-34-25-12-27(44-23-5-9-42-18-23)20(14-35-28(40)10-19-3-6-33-7-4-19)11-24(25)29(21)38-22-16-36-31(37-17-22)39-30(41)26-2-1-8-43-26/h1-2,8,10-12,15-17,23,33H,3-7,9,14,18H2,(H,34,38)(H,35,40)(H,36,37,39,41). The molecule has 0 saturated carbocycles. The van der Waals surface area contributed by atoms with Crippen LogP contribution in [0.1, 0.15) is 40.9 Å². The Bertz CT molecular complexity index is 1720. The van der Waals surface area contributed by atoms with Gasteiger partial charge in [0.05, 0.1) is 54.3 Å². The first-order valence-corrected chi connectivity index (χ1v) is 14.3. The third kappa shape index (κ3) is 6.83. The number of pyridine rings is 1. The van der Waals surface area contributed by atoms with Crippen LogP contribution in [0.3, 0.4) is 0 Å². The van der Waals surface area contributed by atoms with Crippen molar-refractivity contribution in [1.82, 2.24) is 25.6 Å². The molecule has 2 amide bonds. The molecule has 44 heavy (non-hydrogen) atoms. The molecule has 2 aliphatic heterocycles. The summed E-state index contributed by atoms with van der Waals surface area (Å²) in [5, 5.41) is 22.6. The zero-order valence-corrected chi connectivity index (χ0v) is 23.8.